The molecule has 0 saturated carbocycles. The van der Waals surface area contributed by atoms with Gasteiger partial charge in [0.2, 0.25) is 0 Å². The van der Waals surface area contributed by atoms with E-state index in [0.29, 0.717) is 0 Å². The van der Waals surface area contributed by atoms with E-state index >= 15 is 0 Å². The molecule has 37 valence electrons. The van der Waals surface area contributed by atoms with E-state index in [0.717, 1.165) is 13.1 Å². The van der Waals surface area contributed by atoms with Crippen molar-refractivity contribution in [2.75, 3.05) is 20.1 Å². The summed E-state index contributed by atoms with van der Waals surface area (Å²) < 4.78 is 0. The van der Waals surface area contributed by atoms with Crippen molar-refractivity contribution in [3.05, 3.63) is 7.05 Å². The Morgan fingerprint density at radius 1 is 1.50 bits per heavy atom. The average Bonchev–Trinajstić information content (AvgIpc) is 1.61. The zero-order valence-corrected chi connectivity index (χ0v) is 4.12. The highest BCUT2D eigenvalue weighted by Gasteiger charge is 1.71. The van der Waals surface area contributed by atoms with Crippen molar-refractivity contribution in [2.24, 2.45) is 0 Å². The molecule has 2 N–H and O–H groups in total. The molecule has 2 nitrogen and oxygen atoms in total. The van der Waals surface area contributed by atoms with Crippen molar-refractivity contribution in [3.8, 4) is 0 Å². The fourth-order valence-electron chi connectivity index (χ4n) is 0.213. The summed E-state index contributed by atoms with van der Waals surface area (Å²) >= 11 is 0. The SMILES string of the molecule is [CH2]NCCNC. The summed E-state index contributed by atoms with van der Waals surface area (Å²) in [7, 11) is 5.35. The largest absolute Gasteiger partial charge is 0.318 e. The lowest BCUT2D eigenvalue weighted by Gasteiger charge is -1.92. The van der Waals surface area contributed by atoms with E-state index in [9.17, 15) is 0 Å². The van der Waals surface area contributed by atoms with Crippen LogP contribution in [0.1, 0.15) is 0 Å². The number of nitrogens with one attached hydrogen (secondary N) is 2. The van der Waals surface area contributed by atoms with Gasteiger partial charge in [0.05, 0.1) is 0 Å². The molecule has 0 amide bonds. The van der Waals surface area contributed by atoms with Crippen molar-refractivity contribution in [1.82, 2.24) is 10.6 Å². The summed E-state index contributed by atoms with van der Waals surface area (Å²) in [5.74, 6) is 0. The molecular weight excluding hydrogens is 76.1 g/mol. The van der Waals surface area contributed by atoms with Gasteiger partial charge in [-0.1, -0.05) is 0 Å². The van der Waals surface area contributed by atoms with Gasteiger partial charge >= 0.3 is 0 Å². The third-order valence-corrected chi connectivity index (χ3v) is 0.552. The molecule has 0 rings (SSSR count). The Hall–Kier alpha value is -0.0800. The van der Waals surface area contributed by atoms with Crippen molar-refractivity contribution >= 4 is 0 Å². The molecule has 0 aliphatic carbocycles. The molecule has 0 saturated heterocycles. The van der Waals surface area contributed by atoms with E-state index < -0.39 is 0 Å². The molecule has 0 unspecified atom stereocenters. The van der Waals surface area contributed by atoms with Gasteiger partial charge in [0.15, 0.2) is 0 Å². The standard InChI is InChI=1S/C4H11N2/c1-5-3-4-6-2/h5-6H,1,3-4H2,2H3. The molecule has 0 spiro atoms. The summed E-state index contributed by atoms with van der Waals surface area (Å²) in [6.45, 7) is 1.93. The summed E-state index contributed by atoms with van der Waals surface area (Å²) in [5, 5.41) is 5.72. The van der Waals surface area contributed by atoms with E-state index in [1.807, 2.05) is 7.05 Å². The first-order valence-electron chi connectivity index (χ1n) is 2.06. The molecular formula is C4H11N2. The van der Waals surface area contributed by atoms with Crippen molar-refractivity contribution in [2.45, 2.75) is 0 Å². The lowest BCUT2D eigenvalue weighted by molar-refractivity contribution is 0.738. The van der Waals surface area contributed by atoms with Crippen LogP contribution >= 0.6 is 0 Å². The maximum Gasteiger partial charge on any atom is 0.00772 e. The molecule has 0 aromatic rings. The fraction of sp³-hybridized carbons (Fsp3) is 0.750. The van der Waals surface area contributed by atoms with E-state index in [1.54, 1.807) is 0 Å². The van der Waals surface area contributed by atoms with Crippen LogP contribution in [-0.2, 0) is 0 Å². The summed E-state index contributed by atoms with van der Waals surface area (Å²) in [4.78, 5) is 0. The molecule has 0 fully saturated rings. The Labute approximate surface area is 38.9 Å². The quantitative estimate of drug-likeness (QED) is 0.457. The highest BCUT2D eigenvalue weighted by Crippen LogP contribution is 1.46. The topological polar surface area (TPSA) is 24.1 Å². The Bertz CT molecular complexity index is 17.5. The molecule has 2 heteroatoms. The average molecular weight is 87.1 g/mol. The second kappa shape index (κ2) is 4.92. The van der Waals surface area contributed by atoms with Crippen LogP contribution in [0.4, 0.5) is 0 Å². The first kappa shape index (κ1) is 5.92. The van der Waals surface area contributed by atoms with Gasteiger partial charge < -0.3 is 10.6 Å². The zero-order chi connectivity index (χ0) is 4.83. The van der Waals surface area contributed by atoms with Gasteiger partial charge in [-0.25, -0.2) is 0 Å². The second-order valence-electron chi connectivity index (χ2n) is 1.10. The van der Waals surface area contributed by atoms with Crippen LogP contribution in [0.25, 0.3) is 0 Å². The second-order valence-corrected chi connectivity index (χ2v) is 1.10. The third kappa shape index (κ3) is 3.92. The van der Waals surface area contributed by atoms with Crippen LogP contribution in [0.3, 0.4) is 0 Å². The van der Waals surface area contributed by atoms with Crippen LogP contribution in [0, 0.1) is 7.05 Å². The van der Waals surface area contributed by atoms with Crippen LogP contribution in [0.15, 0.2) is 0 Å². The van der Waals surface area contributed by atoms with Crippen molar-refractivity contribution in [3.63, 3.8) is 0 Å². The van der Waals surface area contributed by atoms with Crippen LogP contribution in [0.2, 0.25) is 0 Å². The van der Waals surface area contributed by atoms with Gasteiger partial charge in [-0.3, -0.25) is 0 Å². The van der Waals surface area contributed by atoms with Crippen LogP contribution < -0.4 is 10.6 Å². The minimum atomic E-state index is 0.941. The summed E-state index contributed by atoms with van der Waals surface area (Å²) in [6, 6.07) is 0. The lowest BCUT2D eigenvalue weighted by Crippen LogP contribution is -2.19. The van der Waals surface area contributed by atoms with E-state index in [4.69, 9.17) is 0 Å². The van der Waals surface area contributed by atoms with Gasteiger partial charge in [-0.05, 0) is 7.05 Å². The van der Waals surface area contributed by atoms with E-state index in [2.05, 4.69) is 17.7 Å². The summed E-state index contributed by atoms with van der Waals surface area (Å²) in [6.07, 6.45) is 0. The molecule has 6 heavy (non-hydrogen) atoms. The van der Waals surface area contributed by atoms with Crippen LogP contribution in [0.5, 0.6) is 0 Å². The summed E-state index contributed by atoms with van der Waals surface area (Å²) in [5.41, 5.74) is 0. The maximum absolute atomic E-state index is 3.43. The minimum Gasteiger partial charge on any atom is -0.318 e. The van der Waals surface area contributed by atoms with Crippen molar-refractivity contribution < 1.29 is 0 Å². The highest BCUT2D eigenvalue weighted by atomic mass is 14.9. The van der Waals surface area contributed by atoms with Crippen LogP contribution in [-0.4, -0.2) is 20.1 Å². The Kier molecular flexibility index (Phi) is 4.85. The van der Waals surface area contributed by atoms with E-state index in [-0.39, 0.29) is 0 Å². The normalized spacial score (nSPS) is 9.00. The predicted molar refractivity (Wildman–Crippen MR) is 27.3 cm³/mol. The number of likely N-dealkylation sites (N-methyl/N-ethyl adjacent to an activating group) is 1. The first-order valence-corrected chi connectivity index (χ1v) is 2.06. The molecule has 0 aliphatic rings. The lowest BCUT2D eigenvalue weighted by atomic mass is 10.6. The van der Waals surface area contributed by atoms with Gasteiger partial charge in [-0.2, -0.15) is 0 Å². The number of rotatable bonds is 3. The maximum atomic E-state index is 3.43. The van der Waals surface area contributed by atoms with Crippen molar-refractivity contribution in [1.29, 1.82) is 0 Å². The smallest absolute Gasteiger partial charge is 0.00772 e. The Morgan fingerprint density at radius 3 is 2.33 bits per heavy atom. The molecule has 0 aromatic heterocycles. The monoisotopic (exact) mass is 87.1 g/mol. The number of hydrogen-bond donors (Lipinski definition) is 2. The molecule has 0 bridgehead atoms. The Balaban J connectivity index is 2.34. The predicted octanol–water partition coefficient (Wildman–Crippen LogP) is -0.413. The molecule has 0 aromatic carbocycles. The van der Waals surface area contributed by atoms with Gasteiger partial charge in [0, 0.05) is 20.1 Å². The minimum absolute atomic E-state index is 0.941. The van der Waals surface area contributed by atoms with E-state index in [1.165, 1.54) is 0 Å². The fourth-order valence-corrected chi connectivity index (χ4v) is 0.213. The van der Waals surface area contributed by atoms with Gasteiger partial charge in [-0.15, -0.1) is 0 Å². The third-order valence-electron chi connectivity index (χ3n) is 0.552. The molecule has 0 aliphatic heterocycles. The van der Waals surface area contributed by atoms with Gasteiger partial charge in [0.1, 0.15) is 0 Å². The molecule has 1 radical (unpaired) electrons. The first-order chi connectivity index (χ1) is 2.91. The highest BCUT2D eigenvalue weighted by molar-refractivity contribution is 4.42. The zero-order valence-electron chi connectivity index (χ0n) is 4.12. The van der Waals surface area contributed by atoms with Gasteiger partial charge in [0.25, 0.3) is 0 Å². The Morgan fingerprint density at radius 2 is 2.17 bits per heavy atom. The number of hydrogen-bond acceptors (Lipinski definition) is 2. The molecule has 0 heterocycles. The molecule has 0 atom stereocenters.